The Hall–Kier alpha value is -2.61. The number of hydrogen-bond acceptors (Lipinski definition) is 5. The maximum Gasteiger partial charge on any atom is 0.407 e. The second-order valence-corrected chi connectivity index (χ2v) is 6.66. The van der Waals surface area contributed by atoms with Crippen molar-refractivity contribution in [1.29, 1.82) is 0 Å². The van der Waals surface area contributed by atoms with E-state index in [-0.39, 0.29) is 19.1 Å². The minimum absolute atomic E-state index is 0.191. The quantitative estimate of drug-likeness (QED) is 0.786. The fraction of sp³-hybridized carbons (Fsp3) is 0.500. The van der Waals surface area contributed by atoms with Crippen molar-refractivity contribution in [3.63, 3.8) is 0 Å². The molecule has 0 radical (unpaired) electrons. The van der Waals surface area contributed by atoms with Crippen molar-refractivity contribution in [2.75, 3.05) is 20.3 Å². The highest BCUT2D eigenvalue weighted by molar-refractivity contribution is 5.90. The molecule has 2 N–H and O–H groups in total. The molecule has 1 aliphatic heterocycles. The van der Waals surface area contributed by atoms with Gasteiger partial charge in [-0.2, -0.15) is 0 Å². The maximum atomic E-state index is 12.9. The molecule has 1 heterocycles. The highest BCUT2D eigenvalue weighted by atomic mass is 16.5. The van der Waals surface area contributed by atoms with Crippen LogP contribution < -0.4 is 5.32 Å². The van der Waals surface area contributed by atoms with E-state index in [1.807, 2.05) is 35.2 Å². The second-order valence-electron chi connectivity index (χ2n) is 6.66. The zero-order valence-electron chi connectivity index (χ0n) is 15.2. The number of benzene rings is 1. The number of nitrogens with zero attached hydrogens (tertiary/aromatic N) is 2. The van der Waals surface area contributed by atoms with Gasteiger partial charge in [-0.25, -0.2) is 9.59 Å². The van der Waals surface area contributed by atoms with Gasteiger partial charge in [-0.3, -0.25) is 9.69 Å². The molecule has 2 rings (SSSR count). The highest BCUT2D eigenvalue weighted by Gasteiger charge is 2.41. The predicted octanol–water partition coefficient (Wildman–Crippen LogP) is 1.12. The Balaban J connectivity index is 2.14. The van der Waals surface area contributed by atoms with Crippen molar-refractivity contribution in [2.45, 2.75) is 32.5 Å². The lowest BCUT2D eigenvalue weighted by molar-refractivity contribution is -0.149. The third-order valence-electron chi connectivity index (χ3n) is 4.37. The molecule has 8 heteroatoms. The van der Waals surface area contributed by atoms with E-state index in [0.717, 1.165) is 5.56 Å². The normalized spacial score (nSPS) is 18.6. The van der Waals surface area contributed by atoms with Crippen molar-refractivity contribution in [1.82, 2.24) is 15.1 Å². The van der Waals surface area contributed by atoms with Crippen molar-refractivity contribution < 1.29 is 24.2 Å². The van der Waals surface area contributed by atoms with Crippen LogP contribution >= 0.6 is 0 Å². The van der Waals surface area contributed by atoms with E-state index >= 15 is 0 Å². The fourth-order valence-corrected chi connectivity index (χ4v) is 2.98. The number of nitrogens with one attached hydrogen (secondary N) is 1. The molecule has 0 spiro atoms. The molecule has 0 aliphatic carbocycles. The average Bonchev–Trinajstić information content (AvgIpc) is 3.03. The summed E-state index contributed by atoms with van der Waals surface area (Å²) in [5, 5.41) is 12.0. The molecule has 2 amide bonds. The number of alkyl carbamates (subject to hydrolysis) is 1. The van der Waals surface area contributed by atoms with Crippen LogP contribution in [0.4, 0.5) is 4.79 Å². The molecule has 0 aromatic heterocycles. The van der Waals surface area contributed by atoms with Crippen LogP contribution in [0.15, 0.2) is 30.3 Å². The first-order chi connectivity index (χ1) is 12.3. The first kappa shape index (κ1) is 19.7. The van der Waals surface area contributed by atoms with E-state index in [4.69, 9.17) is 0 Å². The number of carbonyl (C=O) groups is 3. The van der Waals surface area contributed by atoms with Gasteiger partial charge in [0.1, 0.15) is 12.1 Å². The predicted molar refractivity (Wildman–Crippen MR) is 94.2 cm³/mol. The minimum atomic E-state index is -1.06. The molecular formula is C18H25N3O5. The lowest BCUT2D eigenvalue weighted by atomic mass is 10.0. The number of hydrogen-bond donors (Lipinski definition) is 2. The third-order valence-corrected chi connectivity index (χ3v) is 4.37. The van der Waals surface area contributed by atoms with E-state index in [1.165, 1.54) is 12.0 Å². The summed E-state index contributed by atoms with van der Waals surface area (Å²) in [5.74, 6) is -1.69. The molecule has 26 heavy (non-hydrogen) atoms. The molecule has 0 saturated carbocycles. The van der Waals surface area contributed by atoms with Crippen LogP contribution in [-0.4, -0.2) is 65.3 Å². The molecule has 142 valence electrons. The summed E-state index contributed by atoms with van der Waals surface area (Å²) in [4.78, 5) is 39.3. The van der Waals surface area contributed by atoms with Crippen LogP contribution in [0.25, 0.3) is 0 Å². The van der Waals surface area contributed by atoms with Crippen molar-refractivity contribution in [3.8, 4) is 0 Å². The number of amides is 2. The Kier molecular flexibility index (Phi) is 6.57. The Morgan fingerprint density at radius 3 is 2.46 bits per heavy atom. The molecule has 8 nitrogen and oxygen atoms in total. The van der Waals surface area contributed by atoms with Crippen molar-refractivity contribution in [3.05, 3.63) is 35.9 Å². The minimum Gasteiger partial charge on any atom is -0.480 e. The molecule has 1 fully saturated rings. The van der Waals surface area contributed by atoms with Gasteiger partial charge >= 0.3 is 12.1 Å². The van der Waals surface area contributed by atoms with Crippen LogP contribution in [0.5, 0.6) is 0 Å². The number of methoxy groups -OCH3 is 1. The molecular weight excluding hydrogens is 338 g/mol. The number of ether oxygens (including phenoxy) is 1. The first-order valence-electron chi connectivity index (χ1n) is 8.47. The van der Waals surface area contributed by atoms with E-state index in [1.54, 1.807) is 13.8 Å². The van der Waals surface area contributed by atoms with Crippen LogP contribution in [0.3, 0.4) is 0 Å². The van der Waals surface area contributed by atoms with Gasteiger partial charge in [0.15, 0.2) is 0 Å². The number of carboxylic acids is 1. The zero-order chi connectivity index (χ0) is 19.3. The van der Waals surface area contributed by atoms with Crippen molar-refractivity contribution in [2.24, 2.45) is 5.92 Å². The smallest absolute Gasteiger partial charge is 0.407 e. The average molecular weight is 363 g/mol. The molecule has 1 aromatic rings. The lowest BCUT2D eigenvalue weighted by Gasteiger charge is -2.28. The van der Waals surface area contributed by atoms with Gasteiger partial charge in [0, 0.05) is 13.1 Å². The Morgan fingerprint density at radius 2 is 1.92 bits per heavy atom. The summed E-state index contributed by atoms with van der Waals surface area (Å²) < 4.78 is 4.57. The number of aliphatic carboxylic acids is 1. The van der Waals surface area contributed by atoms with Gasteiger partial charge in [0.05, 0.1) is 13.8 Å². The van der Waals surface area contributed by atoms with Gasteiger partial charge < -0.3 is 20.1 Å². The highest BCUT2D eigenvalue weighted by Crippen LogP contribution is 2.19. The van der Waals surface area contributed by atoms with Crippen LogP contribution in [0, 0.1) is 5.92 Å². The lowest BCUT2D eigenvalue weighted by Crippen LogP contribution is -2.54. The zero-order valence-corrected chi connectivity index (χ0v) is 15.2. The standard InChI is InChI=1S/C18H25N3O5/c1-12(2)15(19-18(25)26-3)16(22)21-11-20(10-14(21)17(23)24)9-13-7-5-4-6-8-13/h4-8,12,14-15H,9-11H2,1-3H3,(H,19,25)(H,23,24). The summed E-state index contributed by atoms with van der Waals surface area (Å²) >= 11 is 0. The molecule has 1 aliphatic rings. The number of carboxylic acid groups (broad SMARTS) is 1. The van der Waals surface area contributed by atoms with Crippen molar-refractivity contribution >= 4 is 18.0 Å². The van der Waals surface area contributed by atoms with Gasteiger partial charge in [-0.1, -0.05) is 44.2 Å². The van der Waals surface area contributed by atoms with Crippen LogP contribution in [0.1, 0.15) is 19.4 Å². The maximum absolute atomic E-state index is 12.9. The topological polar surface area (TPSA) is 99.2 Å². The summed E-state index contributed by atoms with van der Waals surface area (Å²) in [6.07, 6.45) is -0.718. The number of rotatable bonds is 6. The van der Waals surface area contributed by atoms with Gasteiger partial charge in [-0.05, 0) is 11.5 Å². The number of carbonyl (C=O) groups excluding carboxylic acids is 2. The molecule has 1 aromatic carbocycles. The molecule has 1 saturated heterocycles. The third kappa shape index (κ3) is 4.72. The SMILES string of the molecule is COC(=O)NC(C(=O)N1CN(Cc2ccccc2)CC1C(=O)O)C(C)C. The Labute approximate surface area is 152 Å². The molecule has 2 unspecified atom stereocenters. The van der Waals surface area contributed by atoms with Gasteiger partial charge in [-0.15, -0.1) is 0 Å². The molecule has 0 bridgehead atoms. The summed E-state index contributed by atoms with van der Waals surface area (Å²) in [6.45, 7) is 4.54. The van der Waals surface area contributed by atoms with E-state index in [2.05, 4.69) is 10.1 Å². The summed E-state index contributed by atoms with van der Waals surface area (Å²) in [7, 11) is 1.22. The Morgan fingerprint density at radius 1 is 1.27 bits per heavy atom. The Bertz CT molecular complexity index is 649. The van der Waals surface area contributed by atoms with E-state index < -0.39 is 30.1 Å². The largest absolute Gasteiger partial charge is 0.480 e. The second kappa shape index (κ2) is 8.66. The van der Waals surface area contributed by atoms with E-state index in [0.29, 0.717) is 6.54 Å². The van der Waals surface area contributed by atoms with Gasteiger partial charge in [0.25, 0.3) is 0 Å². The van der Waals surface area contributed by atoms with Crippen LogP contribution in [0.2, 0.25) is 0 Å². The van der Waals surface area contributed by atoms with Gasteiger partial charge in [0.2, 0.25) is 5.91 Å². The summed E-state index contributed by atoms with van der Waals surface area (Å²) in [5.41, 5.74) is 1.04. The molecule has 2 atom stereocenters. The first-order valence-corrected chi connectivity index (χ1v) is 8.47. The monoisotopic (exact) mass is 363 g/mol. The fourth-order valence-electron chi connectivity index (χ4n) is 2.98. The summed E-state index contributed by atoms with van der Waals surface area (Å²) in [6, 6.07) is 7.85. The van der Waals surface area contributed by atoms with Crippen LogP contribution in [-0.2, 0) is 20.9 Å². The van der Waals surface area contributed by atoms with E-state index in [9.17, 15) is 19.5 Å².